The van der Waals surface area contributed by atoms with Crippen molar-refractivity contribution in [3.63, 3.8) is 0 Å². The van der Waals surface area contributed by atoms with Crippen molar-refractivity contribution in [2.24, 2.45) is 0 Å². The quantitative estimate of drug-likeness (QED) is 0.742. The highest BCUT2D eigenvalue weighted by Crippen LogP contribution is 2.18. The Morgan fingerprint density at radius 3 is 2.86 bits per heavy atom. The van der Waals surface area contributed by atoms with Crippen LogP contribution >= 0.6 is 0 Å². The van der Waals surface area contributed by atoms with Gasteiger partial charge in [-0.1, -0.05) is 0 Å². The highest BCUT2D eigenvalue weighted by Gasteiger charge is 2.08. The van der Waals surface area contributed by atoms with Gasteiger partial charge in [-0.25, -0.2) is 4.98 Å². The van der Waals surface area contributed by atoms with Crippen molar-refractivity contribution in [3.05, 3.63) is 23.4 Å². The van der Waals surface area contributed by atoms with Crippen LogP contribution in [0.15, 0.2) is 12.1 Å². The van der Waals surface area contributed by atoms with Gasteiger partial charge in [0.05, 0.1) is 13.2 Å². The van der Waals surface area contributed by atoms with Crippen LogP contribution < -0.4 is 10.1 Å². The molecule has 14 heavy (non-hydrogen) atoms. The number of aromatic nitrogens is 1. The molecule has 1 rings (SSSR count). The maximum atomic E-state index is 9.72. The molecule has 1 atom stereocenters. The van der Waals surface area contributed by atoms with Crippen LogP contribution in [0, 0.1) is 6.92 Å². The number of likely N-dealkylation sites (N-methyl/N-ethyl adjacent to an activating group) is 1. The molecule has 1 aromatic rings. The summed E-state index contributed by atoms with van der Waals surface area (Å²) < 4.78 is 5.02. The maximum absolute atomic E-state index is 9.72. The monoisotopic (exact) mass is 196 g/mol. The topological polar surface area (TPSA) is 54.4 Å². The predicted molar refractivity (Wildman–Crippen MR) is 54.4 cm³/mol. The minimum Gasteiger partial charge on any atom is -0.481 e. The molecule has 78 valence electrons. The van der Waals surface area contributed by atoms with Crippen LogP contribution in [0.1, 0.15) is 17.4 Å². The Balaban J connectivity index is 2.90. The number of hydrogen-bond acceptors (Lipinski definition) is 4. The van der Waals surface area contributed by atoms with Gasteiger partial charge in [0.15, 0.2) is 0 Å². The van der Waals surface area contributed by atoms with E-state index in [2.05, 4.69) is 10.3 Å². The minimum absolute atomic E-state index is 0.518. The molecule has 0 radical (unpaired) electrons. The van der Waals surface area contributed by atoms with Crippen LogP contribution in [0.25, 0.3) is 0 Å². The third kappa shape index (κ3) is 2.68. The lowest BCUT2D eigenvalue weighted by Gasteiger charge is -2.11. The summed E-state index contributed by atoms with van der Waals surface area (Å²) >= 11 is 0. The third-order valence-electron chi connectivity index (χ3n) is 1.94. The van der Waals surface area contributed by atoms with Gasteiger partial charge in [-0.2, -0.15) is 0 Å². The van der Waals surface area contributed by atoms with Crippen molar-refractivity contribution in [1.82, 2.24) is 10.3 Å². The molecular formula is C10H16N2O2. The molecule has 4 heteroatoms. The fraction of sp³-hybridized carbons (Fsp3) is 0.500. The number of ether oxygens (including phenoxy) is 1. The molecule has 0 aliphatic heterocycles. The molecule has 1 aromatic heterocycles. The van der Waals surface area contributed by atoms with E-state index in [1.54, 1.807) is 20.2 Å². The van der Waals surface area contributed by atoms with Crippen molar-refractivity contribution in [3.8, 4) is 5.88 Å². The molecular weight excluding hydrogens is 180 g/mol. The normalized spacial score (nSPS) is 12.6. The Labute approximate surface area is 83.9 Å². The lowest BCUT2D eigenvalue weighted by Crippen LogP contribution is -2.17. The van der Waals surface area contributed by atoms with Gasteiger partial charge in [0.25, 0.3) is 0 Å². The van der Waals surface area contributed by atoms with Crippen molar-refractivity contribution < 1.29 is 9.84 Å². The fourth-order valence-electron chi connectivity index (χ4n) is 1.27. The summed E-state index contributed by atoms with van der Waals surface area (Å²) in [6.45, 7) is 2.39. The SMILES string of the molecule is CNCC(O)c1cc(C)nc(OC)c1. The first-order valence-electron chi connectivity index (χ1n) is 4.52. The number of pyridine rings is 1. The Bertz CT molecular complexity index is 302. The van der Waals surface area contributed by atoms with E-state index in [-0.39, 0.29) is 0 Å². The lowest BCUT2D eigenvalue weighted by atomic mass is 10.1. The van der Waals surface area contributed by atoms with E-state index in [0.717, 1.165) is 11.3 Å². The summed E-state index contributed by atoms with van der Waals surface area (Å²) in [5.74, 6) is 0.537. The second-order valence-corrected chi connectivity index (χ2v) is 3.16. The van der Waals surface area contributed by atoms with E-state index in [9.17, 15) is 5.11 Å². The van der Waals surface area contributed by atoms with Gasteiger partial charge in [0.1, 0.15) is 0 Å². The van der Waals surface area contributed by atoms with E-state index in [0.29, 0.717) is 12.4 Å². The summed E-state index contributed by atoms with van der Waals surface area (Å²) in [7, 11) is 3.37. The van der Waals surface area contributed by atoms with Crippen LogP contribution in [-0.2, 0) is 0 Å². The number of aliphatic hydroxyl groups excluding tert-OH is 1. The van der Waals surface area contributed by atoms with Gasteiger partial charge in [-0.05, 0) is 25.6 Å². The van der Waals surface area contributed by atoms with Crippen LogP contribution in [0.3, 0.4) is 0 Å². The Hall–Kier alpha value is -1.13. The first-order valence-corrected chi connectivity index (χ1v) is 4.52. The Morgan fingerprint density at radius 1 is 1.57 bits per heavy atom. The zero-order valence-corrected chi connectivity index (χ0v) is 8.74. The molecule has 4 nitrogen and oxygen atoms in total. The van der Waals surface area contributed by atoms with E-state index >= 15 is 0 Å². The Morgan fingerprint density at radius 2 is 2.29 bits per heavy atom. The van der Waals surface area contributed by atoms with E-state index in [1.807, 2.05) is 13.0 Å². The average molecular weight is 196 g/mol. The van der Waals surface area contributed by atoms with Crippen LogP contribution in [-0.4, -0.2) is 30.8 Å². The number of methoxy groups -OCH3 is 1. The summed E-state index contributed by atoms with van der Waals surface area (Å²) in [6, 6.07) is 3.60. The van der Waals surface area contributed by atoms with E-state index in [4.69, 9.17) is 4.74 Å². The molecule has 0 spiro atoms. The second kappa shape index (κ2) is 4.93. The number of aryl methyl sites for hydroxylation is 1. The summed E-state index contributed by atoms with van der Waals surface area (Å²) in [4.78, 5) is 4.14. The first kappa shape index (κ1) is 10.9. The predicted octanol–water partition coefficient (Wildman–Crippen LogP) is 0.651. The highest BCUT2D eigenvalue weighted by atomic mass is 16.5. The lowest BCUT2D eigenvalue weighted by molar-refractivity contribution is 0.177. The van der Waals surface area contributed by atoms with E-state index < -0.39 is 6.10 Å². The largest absolute Gasteiger partial charge is 0.481 e. The number of nitrogens with one attached hydrogen (secondary N) is 1. The third-order valence-corrected chi connectivity index (χ3v) is 1.94. The summed E-state index contributed by atoms with van der Waals surface area (Å²) in [6.07, 6.45) is -0.518. The molecule has 0 amide bonds. The number of rotatable bonds is 4. The highest BCUT2D eigenvalue weighted by molar-refractivity contribution is 5.26. The van der Waals surface area contributed by atoms with Crippen molar-refractivity contribution in [1.29, 1.82) is 0 Å². The molecule has 1 heterocycles. The van der Waals surface area contributed by atoms with Gasteiger partial charge < -0.3 is 15.2 Å². The molecule has 0 aromatic carbocycles. The van der Waals surface area contributed by atoms with Gasteiger partial charge >= 0.3 is 0 Å². The summed E-state index contributed by atoms with van der Waals surface area (Å²) in [5, 5.41) is 12.6. The van der Waals surface area contributed by atoms with Crippen LogP contribution in [0.2, 0.25) is 0 Å². The van der Waals surface area contributed by atoms with Gasteiger partial charge in [0, 0.05) is 18.3 Å². The number of aliphatic hydroxyl groups is 1. The number of hydrogen-bond donors (Lipinski definition) is 2. The zero-order valence-electron chi connectivity index (χ0n) is 8.74. The molecule has 0 saturated heterocycles. The van der Waals surface area contributed by atoms with Gasteiger partial charge in [-0.3, -0.25) is 0 Å². The van der Waals surface area contributed by atoms with Crippen LogP contribution in [0.4, 0.5) is 0 Å². The second-order valence-electron chi connectivity index (χ2n) is 3.16. The fourth-order valence-corrected chi connectivity index (χ4v) is 1.27. The number of nitrogens with zero attached hydrogens (tertiary/aromatic N) is 1. The standard InChI is InChI=1S/C10H16N2O2/c1-7-4-8(9(13)6-11-2)5-10(12-7)14-3/h4-5,9,11,13H,6H2,1-3H3. The van der Waals surface area contributed by atoms with Crippen LogP contribution in [0.5, 0.6) is 5.88 Å². The molecule has 1 unspecified atom stereocenters. The molecule has 0 fully saturated rings. The van der Waals surface area contributed by atoms with Gasteiger partial charge in [-0.15, -0.1) is 0 Å². The smallest absolute Gasteiger partial charge is 0.213 e. The average Bonchev–Trinajstić information content (AvgIpc) is 2.17. The van der Waals surface area contributed by atoms with Crippen molar-refractivity contribution >= 4 is 0 Å². The van der Waals surface area contributed by atoms with Crippen molar-refractivity contribution in [2.75, 3.05) is 20.7 Å². The van der Waals surface area contributed by atoms with Gasteiger partial charge in [0.2, 0.25) is 5.88 Å². The maximum Gasteiger partial charge on any atom is 0.213 e. The molecule has 2 N–H and O–H groups in total. The first-order chi connectivity index (χ1) is 6.67. The molecule has 0 saturated carbocycles. The molecule has 0 bridgehead atoms. The molecule has 0 aliphatic rings. The minimum atomic E-state index is -0.518. The Kier molecular flexibility index (Phi) is 3.85. The van der Waals surface area contributed by atoms with E-state index in [1.165, 1.54) is 0 Å². The van der Waals surface area contributed by atoms with Crippen molar-refractivity contribution in [2.45, 2.75) is 13.0 Å². The molecule has 0 aliphatic carbocycles. The summed E-state index contributed by atoms with van der Waals surface area (Å²) in [5.41, 5.74) is 1.67. The zero-order chi connectivity index (χ0) is 10.6.